The SMILES string of the molecule is CCc1ccc(N2C(=O)Nc3ccccc3C2(O)C(=O)NCCN(CC)CC)cc1. The number of rotatable bonds is 8. The van der Waals surface area contributed by atoms with E-state index in [9.17, 15) is 14.7 Å². The molecule has 0 aliphatic carbocycles. The molecule has 1 aliphatic rings. The average Bonchev–Trinajstić information content (AvgIpc) is 2.77. The lowest BCUT2D eigenvalue weighted by molar-refractivity contribution is -0.140. The summed E-state index contributed by atoms with van der Waals surface area (Å²) >= 11 is 0. The molecular formula is C23H30N4O3. The highest BCUT2D eigenvalue weighted by molar-refractivity contribution is 6.11. The molecule has 1 atom stereocenters. The molecule has 0 saturated heterocycles. The average molecular weight is 411 g/mol. The predicted molar refractivity (Wildman–Crippen MR) is 118 cm³/mol. The highest BCUT2D eigenvalue weighted by atomic mass is 16.3. The summed E-state index contributed by atoms with van der Waals surface area (Å²) in [5.74, 6) is -0.628. The van der Waals surface area contributed by atoms with Crippen LogP contribution >= 0.6 is 0 Å². The van der Waals surface area contributed by atoms with Crippen molar-refractivity contribution in [1.29, 1.82) is 0 Å². The lowest BCUT2D eigenvalue weighted by Gasteiger charge is -2.42. The molecule has 1 unspecified atom stereocenters. The standard InChI is InChI=1S/C23H30N4O3/c1-4-17-11-13-18(14-12-17)27-22(29)25-20-10-8-7-9-19(20)23(27,30)21(28)24-15-16-26(5-2)6-3/h7-14,30H,4-6,15-16H2,1-3H3,(H,24,28)(H,25,29). The normalized spacial score (nSPS) is 18.2. The van der Waals surface area contributed by atoms with Crippen LogP contribution in [0, 0.1) is 0 Å². The first kappa shape index (κ1) is 21.8. The number of para-hydroxylation sites is 1. The van der Waals surface area contributed by atoms with Crippen molar-refractivity contribution in [3.05, 3.63) is 59.7 Å². The zero-order valence-corrected chi connectivity index (χ0v) is 17.8. The Labute approximate surface area is 177 Å². The number of carbonyl (C=O) groups excluding carboxylic acids is 2. The van der Waals surface area contributed by atoms with E-state index in [-0.39, 0.29) is 0 Å². The van der Waals surface area contributed by atoms with Crippen LogP contribution in [-0.2, 0) is 16.9 Å². The molecule has 0 fully saturated rings. The highest BCUT2D eigenvalue weighted by Gasteiger charge is 2.51. The van der Waals surface area contributed by atoms with E-state index in [0.717, 1.165) is 30.0 Å². The molecule has 0 bridgehead atoms. The van der Waals surface area contributed by atoms with E-state index in [4.69, 9.17) is 0 Å². The van der Waals surface area contributed by atoms with E-state index in [1.165, 1.54) is 0 Å². The van der Waals surface area contributed by atoms with Gasteiger partial charge in [0.2, 0.25) is 0 Å². The lowest BCUT2D eigenvalue weighted by Crippen LogP contribution is -2.63. The Morgan fingerprint density at radius 2 is 1.77 bits per heavy atom. The highest BCUT2D eigenvalue weighted by Crippen LogP contribution is 2.39. The Kier molecular flexibility index (Phi) is 6.74. The Morgan fingerprint density at radius 3 is 2.40 bits per heavy atom. The number of benzene rings is 2. The summed E-state index contributed by atoms with van der Waals surface area (Å²) in [6.07, 6.45) is 0.853. The van der Waals surface area contributed by atoms with Gasteiger partial charge in [0, 0.05) is 24.3 Å². The van der Waals surface area contributed by atoms with Gasteiger partial charge in [0.15, 0.2) is 0 Å². The van der Waals surface area contributed by atoms with E-state index >= 15 is 0 Å². The molecule has 0 spiro atoms. The van der Waals surface area contributed by atoms with Crippen LogP contribution in [0.15, 0.2) is 48.5 Å². The van der Waals surface area contributed by atoms with Gasteiger partial charge in [-0.1, -0.05) is 51.1 Å². The number of urea groups is 1. The number of aryl methyl sites for hydroxylation is 1. The third-order valence-corrected chi connectivity index (χ3v) is 5.60. The Hall–Kier alpha value is -2.90. The van der Waals surface area contributed by atoms with Crippen LogP contribution in [-0.4, -0.2) is 48.1 Å². The number of likely N-dealkylation sites (N-methyl/N-ethyl adjacent to an activating group) is 1. The topological polar surface area (TPSA) is 84.9 Å². The molecule has 3 N–H and O–H groups in total. The molecule has 7 heteroatoms. The minimum atomic E-state index is -2.16. The van der Waals surface area contributed by atoms with Gasteiger partial charge in [0.1, 0.15) is 0 Å². The van der Waals surface area contributed by atoms with Crippen LogP contribution in [0.25, 0.3) is 0 Å². The summed E-state index contributed by atoms with van der Waals surface area (Å²) in [4.78, 5) is 29.6. The fourth-order valence-electron chi connectivity index (χ4n) is 3.73. The molecule has 3 rings (SSSR count). The monoisotopic (exact) mass is 410 g/mol. The van der Waals surface area contributed by atoms with Crippen molar-refractivity contribution in [3.8, 4) is 0 Å². The van der Waals surface area contributed by atoms with E-state index in [1.807, 2.05) is 19.1 Å². The van der Waals surface area contributed by atoms with Gasteiger partial charge in [-0.05, 0) is 43.3 Å². The number of aliphatic hydroxyl groups is 1. The number of anilines is 2. The van der Waals surface area contributed by atoms with Gasteiger partial charge in [-0.3, -0.25) is 9.69 Å². The van der Waals surface area contributed by atoms with E-state index < -0.39 is 17.7 Å². The second-order valence-corrected chi connectivity index (χ2v) is 7.29. The third kappa shape index (κ3) is 4.04. The second kappa shape index (κ2) is 9.28. The van der Waals surface area contributed by atoms with Crippen LogP contribution in [0.1, 0.15) is 31.9 Å². The van der Waals surface area contributed by atoms with Crippen molar-refractivity contribution in [2.45, 2.75) is 32.9 Å². The van der Waals surface area contributed by atoms with Crippen LogP contribution in [0.3, 0.4) is 0 Å². The smallest absolute Gasteiger partial charge is 0.329 e. The summed E-state index contributed by atoms with van der Waals surface area (Å²) in [6, 6.07) is 13.6. The molecule has 1 aliphatic heterocycles. The molecule has 2 aromatic rings. The zero-order valence-electron chi connectivity index (χ0n) is 17.8. The number of nitrogens with zero attached hydrogens (tertiary/aromatic N) is 2. The molecule has 0 saturated carbocycles. The van der Waals surface area contributed by atoms with Gasteiger partial charge in [0.25, 0.3) is 11.6 Å². The van der Waals surface area contributed by atoms with Gasteiger partial charge in [-0.25, -0.2) is 4.79 Å². The molecule has 160 valence electrons. The summed E-state index contributed by atoms with van der Waals surface area (Å²) in [5.41, 5.74) is 0.148. The lowest BCUT2D eigenvalue weighted by atomic mass is 9.94. The van der Waals surface area contributed by atoms with Crippen LogP contribution in [0.5, 0.6) is 0 Å². The van der Waals surface area contributed by atoms with Crippen molar-refractivity contribution in [2.75, 3.05) is 36.4 Å². The second-order valence-electron chi connectivity index (χ2n) is 7.29. The molecule has 2 aromatic carbocycles. The zero-order chi connectivity index (χ0) is 21.7. The maximum atomic E-state index is 13.3. The number of carbonyl (C=O) groups is 2. The Morgan fingerprint density at radius 1 is 1.10 bits per heavy atom. The minimum Gasteiger partial charge on any atom is -0.359 e. The number of amides is 3. The first-order chi connectivity index (χ1) is 14.4. The van der Waals surface area contributed by atoms with Gasteiger partial charge in [-0.2, -0.15) is 0 Å². The molecule has 30 heavy (non-hydrogen) atoms. The van der Waals surface area contributed by atoms with Crippen LogP contribution < -0.4 is 15.5 Å². The van der Waals surface area contributed by atoms with Gasteiger partial charge in [0.05, 0.1) is 5.69 Å². The first-order valence-corrected chi connectivity index (χ1v) is 10.5. The Bertz CT molecular complexity index is 896. The van der Waals surface area contributed by atoms with Crippen molar-refractivity contribution in [1.82, 2.24) is 10.2 Å². The molecular weight excluding hydrogens is 380 g/mol. The van der Waals surface area contributed by atoms with Crippen LogP contribution in [0.4, 0.5) is 16.2 Å². The van der Waals surface area contributed by atoms with Gasteiger partial charge < -0.3 is 20.6 Å². The minimum absolute atomic E-state index is 0.338. The molecule has 7 nitrogen and oxygen atoms in total. The van der Waals surface area contributed by atoms with Gasteiger partial charge >= 0.3 is 6.03 Å². The fraction of sp³-hybridized carbons (Fsp3) is 0.391. The number of nitrogens with one attached hydrogen (secondary N) is 2. The van der Waals surface area contributed by atoms with Crippen molar-refractivity contribution in [2.24, 2.45) is 0 Å². The third-order valence-electron chi connectivity index (χ3n) is 5.60. The summed E-state index contributed by atoms with van der Waals surface area (Å²) < 4.78 is 0. The van der Waals surface area contributed by atoms with E-state index in [0.29, 0.717) is 30.0 Å². The number of fused-ring (bicyclic) bond motifs is 1. The van der Waals surface area contributed by atoms with Crippen molar-refractivity contribution in [3.63, 3.8) is 0 Å². The fourth-order valence-corrected chi connectivity index (χ4v) is 3.73. The number of hydrogen-bond acceptors (Lipinski definition) is 4. The van der Waals surface area contributed by atoms with E-state index in [1.54, 1.807) is 36.4 Å². The predicted octanol–water partition coefficient (Wildman–Crippen LogP) is 2.90. The first-order valence-electron chi connectivity index (χ1n) is 10.5. The van der Waals surface area contributed by atoms with E-state index in [2.05, 4.69) is 29.4 Å². The molecule has 0 radical (unpaired) electrons. The quantitative estimate of drug-likeness (QED) is 0.625. The van der Waals surface area contributed by atoms with Crippen molar-refractivity contribution >= 4 is 23.3 Å². The maximum Gasteiger partial charge on any atom is 0.329 e. The maximum absolute atomic E-state index is 13.3. The van der Waals surface area contributed by atoms with Crippen molar-refractivity contribution < 1.29 is 14.7 Å². The summed E-state index contributed by atoms with van der Waals surface area (Å²) in [5, 5.41) is 17.3. The van der Waals surface area contributed by atoms with Gasteiger partial charge in [-0.15, -0.1) is 0 Å². The number of hydrogen-bond donors (Lipinski definition) is 3. The Balaban J connectivity index is 1.97. The van der Waals surface area contributed by atoms with Crippen LogP contribution in [0.2, 0.25) is 0 Å². The largest absolute Gasteiger partial charge is 0.359 e. The molecule has 1 heterocycles. The molecule has 0 aromatic heterocycles. The summed E-state index contributed by atoms with van der Waals surface area (Å²) in [6.45, 7) is 8.93. The summed E-state index contributed by atoms with van der Waals surface area (Å²) in [7, 11) is 0. The molecule has 3 amide bonds.